The minimum atomic E-state index is -1.17. The van der Waals surface area contributed by atoms with Crippen molar-refractivity contribution in [1.82, 2.24) is 4.98 Å². The fraction of sp³-hybridized carbons (Fsp3) is 0.250. The Bertz CT molecular complexity index is 424. The molecule has 13 heavy (non-hydrogen) atoms. The Hall–Kier alpha value is -1.23. The first-order chi connectivity index (χ1) is 6.20. The molecule has 0 bridgehead atoms. The van der Waals surface area contributed by atoms with Crippen LogP contribution in [0.3, 0.4) is 0 Å². The van der Waals surface area contributed by atoms with Gasteiger partial charge in [0.15, 0.2) is 5.43 Å². The van der Waals surface area contributed by atoms with Crippen molar-refractivity contribution in [3.05, 3.63) is 27.5 Å². The van der Waals surface area contributed by atoms with Gasteiger partial charge in [0.25, 0.3) is 0 Å². The number of carbonyl (C=O) groups is 1. The number of aromatic carboxylic acids is 1. The van der Waals surface area contributed by atoms with Crippen molar-refractivity contribution in [3.63, 3.8) is 0 Å². The van der Waals surface area contributed by atoms with Gasteiger partial charge >= 0.3 is 5.97 Å². The number of fused-ring (bicyclic) bond motifs is 1. The van der Waals surface area contributed by atoms with Gasteiger partial charge in [-0.2, -0.15) is 0 Å². The molecule has 0 spiro atoms. The van der Waals surface area contributed by atoms with Gasteiger partial charge in [-0.3, -0.25) is 4.79 Å². The summed E-state index contributed by atoms with van der Waals surface area (Å²) >= 11 is 1.55. The van der Waals surface area contributed by atoms with E-state index in [4.69, 9.17) is 5.11 Å². The van der Waals surface area contributed by atoms with E-state index in [0.29, 0.717) is 12.0 Å². The third kappa shape index (κ3) is 1.25. The molecule has 0 atom stereocenters. The number of aromatic amines is 1. The van der Waals surface area contributed by atoms with Crippen LogP contribution in [-0.4, -0.2) is 21.8 Å². The van der Waals surface area contributed by atoms with E-state index >= 15 is 0 Å². The highest BCUT2D eigenvalue weighted by molar-refractivity contribution is 7.99. The zero-order valence-electron chi connectivity index (χ0n) is 6.66. The van der Waals surface area contributed by atoms with Crippen molar-refractivity contribution in [3.8, 4) is 0 Å². The average molecular weight is 197 g/mol. The number of carboxylic acid groups (broad SMARTS) is 1. The maximum atomic E-state index is 11.5. The largest absolute Gasteiger partial charge is 0.477 e. The molecule has 0 unspecified atom stereocenters. The third-order valence-corrected chi connectivity index (χ3v) is 3.03. The molecular formula is C8H7NO3S. The van der Waals surface area contributed by atoms with E-state index in [9.17, 15) is 9.59 Å². The van der Waals surface area contributed by atoms with Crippen LogP contribution in [0.4, 0.5) is 0 Å². The van der Waals surface area contributed by atoms with Crippen LogP contribution >= 0.6 is 11.8 Å². The van der Waals surface area contributed by atoms with Crippen LogP contribution in [0.5, 0.6) is 0 Å². The van der Waals surface area contributed by atoms with Crippen molar-refractivity contribution in [2.75, 3.05) is 5.75 Å². The molecule has 0 radical (unpaired) electrons. The van der Waals surface area contributed by atoms with Crippen LogP contribution < -0.4 is 5.43 Å². The first-order valence-corrected chi connectivity index (χ1v) is 4.79. The lowest BCUT2D eigenvalue weighted by Gasteiger charge is -1.98. The lowest BCUT2D eigenvalue weighted by atomic mass is 10.1. The number of thioether (sulfide) groups is 1. The van der Waals surface area contributed by atoms with Crippen LogP contribution in [0, 0.1) is 0 Å². The number of hydrogen-bond donors (Lipinski definition) is 2. The molecule has 0 aliphatic carbocycles. The smallest absolute Gasteiger partial charge is 0.341 e. The highest BCUT2D eigenvalue weighted by atomic mass is 32.2. The van der Waals surface area contributed by atoms with E-state index in [-0.39, 0.29) is 11.0 Å². The molecule has 5 heteroatoms. The molecular weight excluding hydrogens is 190 g/mol. The lowest BCUT2D eigenvalue weighted by Crippen LogP contribution is -2.18. The summed E-state index contributed by atoms with van der Waals surface area (Å²) in [6.07, 6.45) is 1.93. The minimum absolute atomic E-state index is 0.166. The van der Waals surface area contributed by atoms with Crippen molar-refractivity contribution in [2.45, 2.75) is 11.4 Å². The summed E-state index contributed by atoms with van der Waals surface area (Å²) in [5.41, 5.74) is 0.109. The van der Waals surface area contributed by atoms with Gasteiger partial charge in [0.1, 0.15) is 5.56 Å². The Labute approximate surface area is 78.0 Å². The van der Waals surface area contributed by atoms with Crippen molar-refractivity contribution in [2.24, 2.45) is 0 Å². The molecule has 2 N–H and O–H groups in total. The molecule has 1 aliphatic heterocycles. The standard InChI is InChI=1S/C8H7NO3S/c10-6-4-1-2-13-7(4)9-3-5(6)8(11)12/h3H,1-2H2,(H,9,10)(H,11,12). The van der Waals surface area contributed by atoms with Gasteiger partial charge in [-0.25, -0.2) is 4.79 Å². The first-order valence-electron chi connectivity index (χ1n) is 3.81. The summed E-state index contributed by atoms with van der Waals surface area (Å²) in [5, 5.41) is 9.48. The molecule has 2 heterocycles. The normalized spacial score (nSPS) is 14.2. The molecule has 0 aromatic carbocycles. The number of H-pyrrole nitrogens is 1. The van der Waals surface area contributed by atoms with Crippen LogP contribution in [0.25, 0.3) is 0 Å². The quantitative estimate of drug-likeness (QED) is 0.696. The maximum absolute atomic E-state index is 11.5. The van der Waals surface area contributed by atoms with Crippen LogP contribution in [0.2, 0.25) is 0 Å². The molecule has 0 fully saturated rings. The van der Waals surface area contributed by atoms with Crippen molar-refractivity contribution < 1.29 is 9.90 Å². The number of pyridine rings is 1. The molecule has 0 saturated heterocycles. The van der Waals surface area contributed by atoms with E-state index in [1.807, 2.05) is 0 Å². The molecule has 68 valence electrons. The van der Waals surface area contributed by atoms with Gasteiger partial charge in [0, 0.05) is 17.5 Å². The second-order valence-corrected chi connectivity index (χ2v) is 3.85. The van der Waals surface area contributed by atoms with Crippen LogP contribution in [-0.2, 0) is 6.42 Å². The monoisotopic (exact) mass is 197 g/mol. The lowest BCUT2D eigenvalue weighted by molar-refractivity contribution is 0.0694. The van der Waals surface area contributed by atoms with Gasteiger partial charge in [-0.1, -0.05) is 0 Å². The number of nitrogens with one attached hydrogen (secondary N) is 1. The fourth-order valence-electron chi connectivity index (χ4n) is 1.33. The van der Waals surface area contributed by atoms with E-state index in [0.717, 1.165) is 10.8 Å². The number of carboxylic acids is 1. The highest BCUT2D eigenvalue weighted by Gasteiger charge is 2.19. The van der Waals surface area contributed by atoms with Crippen LogP contribution in [0.1, 0.15) is 15.9 Å². The summed E-state index contributed by atoms with van der Waals surface area (Å²) < 4.78 is 0. The average Bonchev–Trinajstić information content (AvgIpc) is 2.52. The summed E-state index contributed by atoms with van der Waals surface area (Å²) in [6, 6.07) is 0. The molecule has 1 aliphatic rings. The topological polar surface area (TPSA) is 70.2 Å². The Morgan fingerprint density at radius 1 is 1.62 bits per heavy atom. The van der Waals surface area contributed by atoms with Crippen molar-refractivity contribution in [1.29, 1.82) is 0 Å². The van der Waals surface area contributed by atoms with Crippen molar-refractivity contribution >= 4 is 17.7 Å². The number of aromatic nitrogens is 1. The third-order valence-electron chi connectivity index (χ3n) is 1.97. The summed E-state index contributed by atoms with van der Waals surface area (Å²) in [4.78, 5) is 24.9. The highest BCUT2D eigenvalue weighted by Crippen LogP contribution is 2.26. The maximum Gasteiger partial charge on any atom is 0.341 e. The van der Waals surface area contributed by atoms with Crippen LogP contribution in [0.15, 0.2) is 16.0 Å². The van der Waals surface area contributed by atoms with E-state index in [1.54, 1.807) is 11.8 Å². The van der Waals surface area contributed by atoms with Gasteiger partial charge in [0.2, 0.25) is 0 Å². The van der Waals surface area contributed by atoms with Gasteiger partial charge in [-0.05, 0) is 6.42 Å². The molecule has 1 aromatic heterocycles. The van der Waals surface area contributed by atoms with Gasteiger partial charge < -0.3 is 10.1 Å². The van der Waals surface area contributed by atoms with E-state index < -0.39 is 5.97 Å². The minimum Gasteiger partial charge on any atom is -0.477 e. The molecule has 0 amide bonds. The summed E-state index contributed by atoms with van der Waals surface area (Å²) in [6.45, 7) is 0. The number of rotatable bonds is 1. The van der Waals surface area contributed by atoms with Gasteiger partial charge in [-0.15, -0.1) is 11.8 Å². The number of hydrogen-bond acceptors (Lipinski definition) is 3. The fourth-order valence-corrected chi connectivity index (χ4v) is 2.35. The SMILES string of the molecule is O=C(O)c1c[nH]c2c(c1=O)CCS2. The van der Waals surface area contributed by atoms with E-state index in [1.165, 1.54) is 6.20 Å². The molecule has 0 saturated carbocycles. The Morgan fingerprint density at radius 2 is 2.38 bits per heavy atom. The van der Waals surface area contributed by atoms with E-state index in [2.05, 4.69) is 4.98 Å². The molecule has 2 rings (SSSR count). The second kappa shape index (κ2) is 2.92. The molecule has 4 nitrogen and oxygen atoms in total. The predicted molar refractivity (Wildman–Crippen MR) is 48.5 cm³/mol. The Kier molecular flexibility index (Phi) is 1.88. The summed E-state index contributed by atoms with van der Waals surface area (Å²) in [5.74, 6) is -0.314. The Balaban J connectivity index is 2.66. The zero-order chi connectivity index (χ0) is 9.42. The predicted octanol–water partition coefficient (Wildman–Crippen LogP) is 0.721. The Morgan fingerprint density at radius 3 is 3.08 bits per heavy atom. The summed E-state index contributed by atoms with van der Waals surface area (Å²) in [7, 11) is 0. The second-order valence-electron chi connectivity index (χ2n) is 2.74. The molecule has 1 aromatic rings. The zero-order valence-corrected chi connectivity index (χ0v) is 7.48. The van der Waals surface area contributed by atoms with Gasteiger partial charge in [0.05, 0.1) is 5.03 Å². The first kappa shape index (κ1) is 8.37.